The van der Waals surface area contributed by atoms with E-state index in [1.54, 1.807) is 24.5 Å². The van der Waals surface area contributed by atoms with Crippen molar-refractivity contribution in [1.82, 2.24) is 15.2 Å². The monoisotopic (exact) mass is 320 g/mol. The smallest absolute Gasteiger partial charge is 0.277 e. The first-order chi connectivity index (χ1) is 10.3. The van der Waals surface area contributed by atoms with Crippen LogP contribution in [0.25, 0.3) is 10.6 Å². The Morgan fingerprint density at radius 1 is 1.48 bits per heavy atom. The van der Waals surface area contributed by atoms with Crippen molar-refractivity contribution in [3.8, 4) is 10.6 Å². The highest BCUT2D eigenvalue weighted by Gasteiger charge is 2.13. The van der Waals surface area contributed by atoms with Crippen LogP contribution in [-0.4, -0.2) is 28.2 Å². The number of thiophene rings is 1. The first-order valence-electron chi connectivity index (χ1n) is 6.10. The van der Waals surface area contributed by atoms with Gasteiger partial charge < -0.3 is 4.74 Å². The molecule has 0 atom stereocenters. The zero-order valence-electron chi connectivity index (χ0n) is 11.1. The van der Waals surface area contributed by atoms with E-state index >= 15 is 0 Å². The van der Waals surface area contributed by atoms with Crippen molar-refractivity contribution >= 4 is 33.7 Å². The topological polar surface area (TPSA) is 79.9 Å². The second-order valence-electron chi connectivity index (χ2n) is 4.18. The average molecular weight is 320 g/mol. The Bertz CT molecular complexity index is 733. The number of H-pyrrole nitrogens is 1. The lowest BCUT2D eigenvalue weighted by molar-refractivity contribution is 0.102. The van der Waals surface area contributed by atoms with E-state index in [1.165, 1.54) is 11.3 Å². The Balaban J connectivity index is 1.70. The van der Waals surface area contributed by atoms with Crippen molar-refractivity contribution in [3.63, 3.8) is 0 Å². The van der Waals surface area contributed by atoms with Crippen LogP contribution in [0.2, 0.25) is 0 Å². The van der Waals surface area contributed by atoms with Crippen molar-refractivity contribution in [1.29, 1.82) is 0 Å². The summed E-state index contributed by atoms with van der Waals surface area (Å²) in [6.45, 7) is 0.428. The minimum Gasteiger partial charge on any atom is -0.378 e. The molecular formula is C13H12N4O2S2. The third-order valence-corrected chi connectivity index (χ3v) is 4.37. The molecule has 3 aromatic rings. The number of methoxy groups -OCH3 is 1. The number of nitrogens with zero attached hydrogens (tertiary/aromatic N) is 2. The van der Waals surface area contributed by atoms with Crippen LogP contribution in [0.4, 0.5) is 5.13 Å². The summed E-state index contributed by atoms with van der Waals surface area (Å²) in [6.07, 6.45) is 0. The molecule has 0 saturated heterocycles. The maximum absolute atomic E-state index is 12.1. The molecule has 3 aromatic heterocycles. The predicted octanol–water partition coefficient (Wildman–Crippen LogP) is 2.99. The second kappa shape index (κ2) is 6.17. The SMILES string of the molecule is COCc1csc(NC(=O)c2cc(-c3cccs3)[nH]n2)n1. The van der Waals surface area contributed by atoms with Gasteiger partial charge in [0.05, 0.1) is 22.9 Å². The van der Waals surface area contributed by atoms with E-state index in [4.69, 9.17) is 4.74 Å². The van der Waals surface area contributed by atoms with E-state index in [0.717, 1.165) is 16.3 Å². The molecule has 0 aliphatic rings. The van der Waals surface area contributed by atoms with Crippen molar-refractivity contribution in [2.45, 2.75) is 6.61 Å². The summed E-state index contributed by atoms with van der Waals surface area (Å²) in [7, 11) is 1.60. The molecule has 3 rings (SSSR count). The third-order valence-electron chi connectivity index (χ3n) is 2.66. The molecule has 6 nitrogen and oxygen atoms in total. The van der Waals surface area contributed by atoms with Gasteiger partial charge in [-0.15, -0.1) is 22.7 Å². The number of carbonyl (C=O) groups is 1. The molecule has 0 bridgehead atoms. The number of amides is 1. The first-order valence-corrected chi connectivity index (χ1v) is 7.86. The molecule has 0 aromatic carbocycles. The van der Waals surface area contributed by atoms with Gasteiger partial charge >= 0.3 is 0 Å². The summed E-state index contributed by atoms with van der Waals surface area (Å²) < 4.78 is 4.99. The molecule has 0 unspecified atom stereocenters. The van der Waals surface area contributed by atoms with E-state index in [0.29, 0.717) is 17.4 Å². The summed E-state index contributed by atoms with van der Waals surface area (Å²) in [4.78, 5) is 17.4. The molecule has 21 heavy (non-hydrogen) atoms. The van der Waals surface area contributed by atoms with E-state index in [1.807, 2.05) is 22.9 Å². The molecule has 0 fully saturated rings. The first kappa shape index (κ1) is 13.9. The number of nitrogens with one attached hydrogen (secondary N) is 2. The van der Waals surface area contributed by atoms with Crippen LogP contribution in [0.15, 0.2) is 29.0 Å². The summed E-state index contributed by atoms with van der Waals surface area (Å²) in [6, 6.07) is 5.65. The Morgan fingerprint density at radius 3 is 3.14 bits per heavy atom. The molecule has 0 spiro atoms. The second-order valence-corrected chi connectivity index (χ2v) is 5.98. The summed E-state index contributed by atoms with van der Waals surface area (Å²) in [5.74, 6) is -0.285. The number of anilines is 1. The Morgan fingerprint density at radius 2 is 2.38 bits per heavy atom. The van der Waals surface area contributed by atoms with Gasteiger partial charge in [-0.25, -0.2) is 4.98 Å². The number of aromatic nitrogens is 3. The largest absolute Gasteiger partial charge is 0.378 e. The van der Waals surface area contributed by atoms with Gasteiger partial charge in [-0.2, -0.15) is 5.10 Å². The highest BCUT2D eigenvalue weighted by Crippen LogP contribution is 2.23. The van der Waals surface area contributed by atoms with E-state index < -0.39 is 0 Å². The molecular weight excluding hydrogens is 308 g/mol. The number of aromatic amines is 1. The molecule has 0 radical (unpaired) electrons. The molecule has 108 valence electrons. The lowest BCUT2D eigenvalue weighted by atomic mass is 10.3. The Hall–Kier alpha value is -2.03. The lowest BCUT2D eigenvalue weighted by Gasteiger charge is -1.97. The quantitative estimate of drug-likeness (QED) is 0.757. The maximum Gasteiger partial charge on any atom is 0.277 e. The molecule has 0 saturated carbocycles. The van der Waals surface area contributed by atoms with E-state index in [-0.39, 0.29) is 5.91 Å². The highest BCUT2D eigenvalue weighted by atomic mass is 32.1. The number of rotatable bonds is 5. The van der Waals surface area contributed by atoms with Crippen LogP contribution >= 0.6 is 22.7 Å². The van der Waals surface area contributed by atoms with Crippen molar-refractivity contribution in [2.24, 2.45) is 0 Å². The fourth-order valence-electron chi connectivity index (χ4n) is 1.74. The summed E-state index contributed by atoms with van der Waals surface area (Å²) >= 11 is 2.94. The minimum atomic E-state index is -0.285. The fourth-order valence-corrected chi connectivity index (χ4v) is 3.12. The highest BCUT2D eigenvalue weighted by molar-refractivity contribution is 7.14. The minimum absolute atomic E-state index is 0.285. The van der Waals surface area contributed by atoms with Crippen LogP contribution in [0.3, 0.4) is 0 Å². The zero-order valence-corrected chi connectivity index (χ0v) is 12.8. The molecule has 3 heterocycles. The van der Waals surface area contributed by atoms with Crippen LogP contribution in [-0.2, 0) is 11.3 Å². The number of hydrogen-bond donors (Lipinski definition) is 2. The van der Waals surface area contributed by atoms with Crippen molar-refractivity contribution < 1.29 is 9.53 Å². The van der Waals surface area contributed by atoms with Gasteiger partial charge in [0.15, 0.2) is 10.8 Å². The van der Waals surface area contributed by atoms with Gasteiger partial charge in [-0.3, -0.25) is 15.2 Å². The number of carbonyl (C=O) groups excluding carboxylic acids is 1. The average Bonchev–Trinajstić information content (AvgIpc) is 3.20. The predicted molar refractivity (Wildman–Crippen MR) is 82.7 cm³/mol. The zero-order chi connectivity index (χ0) is 14.7. The molecule has 2 N–H and O–H groups in total. The maximum atomic E-state index is 12.1. The van der Waals surface area contributed by atoms with Gasteiger partial charge in [0.2, 0.25) is 0 Å². The fraction of sp³-hybridized carbons (Fsp3) is 0.154. The number of ether oxygens (including phenoxy) is 1. The van der Waals surface area contributed by atoms with Gasteiger partial charge in [-0.1, -0.05) is 6.07 Å². The summed E-state index contributed by atoms with van der Waals surface area (Å²) in [5, 5.41) is 14.0. The van der Waals surface area contributed by atoms with Crippen molar-refractivity contribution in [2.75, 3.05) is 12.4 Å². The van der Waals surface area contributed by atoms with Gasteiger partial charge in [0.1, 0.15) is 0 Å². The van der Waals surface area contributed by atoms with Gasteiger partial charge in [0, 0.05) is 12.5 Å². The third kappa shape index (κ3) is 3.18. The number of thiazole rings is 1. The Kier molecular flexibility index (Phi) is 4.09. The number of hydrogen-bond acceptors (Lipinski definition) is 6. The van der Waals surface area contributed by atoms with Crippen LogP contribution in [0.5, 0.6) is 0 Å². The van der Waals surface area contributed by atoms with Crippen LogP contribution < -0.4 is 5.32 Å². The Labute approximate surface area is 128 Å². The van der Waals surface area contributed by atoms with E-state index in [9.17, 15) is 4.79 Å². The van der Waals surface area contributed by atoms with Crippen LogP contribution in [0.1, 0.15) is 16.2 Å². The molecule has 0 aliphatic carbocycles. The standard InChI is InChI=1S/C13H12N4O2S2/c1-19-6-8-7-21-13(14-8)15-12(18)10-5-9(16-17-10)11-3-2-4-20-11/h2-5,7H,6H2,1H3,(H,16,17)(H,14,15,18). The lowest BCUT2D eigenvalue weighted by Crippen LogP contribution is -2.12. The molecule has 0 aliphatic heterocycles. The van der Waals surface area contributed by atoms with Crippen molar-refractivity contribution in [3.05, 3.63) is 40.3 Å². The molecule has 8 heteroatoms. The summed E-state index contributed by atoms with van der Waals surface area (Å²) in [5.41, 5.74) is 1.95. The van der Waals surface area contributed by atoms with E-state index in [2.05, 4.69) is 20.5 Å². The van der Waals surface area contributed by atoms with Crippen LogP contribution in [0, 0.1) is 0 Å². The normalized spacial score (nSPS) is 10.7. The van der Waals surface area contributed by atoms with Gasteiger partial charge in [-0.05, 0) is 17.5 Å². The molecule has 1 amide bonds. The van der Waals surface area contributed by atoms with Gasteiger partial charge in [0.25, 0.3) is 5.91 Å².